The molecule has 1 N–H and O–H groups in total. The molecule has 1 aromatic carbocycles. The normalized spacial score (nSPS) is 15.5. The fourth-order valence-corrected chi connectivity index (χ4v) is 4.72. The van der Waals surface area contributed by atoms with Crippen molar-refractivity contribution in [2.75, 3.05) is 27.3 Å². The molecule has 1 aliphatic rings. The van der Waals surface area contributed by atoms with E-state index in [4.69, 9.17) is 9.47 Å². The fraction of sp³-hybridized carbons (Fsp3) is 0.542. The Kier molecular flexibility index (Phi) is 7.77. The van der Waals surface area contributed by atoms with E-state index in [1.54, 1.807) is 14.2 Å². The third-order valence-electron chi connectivity index (χ3n) is 6.14. The Morgan fingerprint density at radius 1 is 1.12 bits per heavy atom. The number of aryl methyl sites for hydroxylation is 1. The molecule has 0 radical (unpaired) electrons. The maximum Gasteiger partial charge on any atom is 0.265 e. The number of piperidine rings is 1. The molecule has 2 heterocycles. The van der Waals surface area contributed by atoms with E-state index >= 15 is 0 Å². The number of nitrogens with zero attached hydrogens (tertiary/aromatic N) is 2. The molecule has 1 unspecified atom stereocenters. The average Bonchev–Trinajstić information content (AvgIpc) is 3.19. The van der Waals surface area contributed by atoms with Crippen molar-refractivity contribution in [1.29, 1.82) is 0 Å². The zero-order valence-electron chi connectivity index (χ0n) is 19.7. The minimum atomic E-state index is -0.0369. The van der Waals surface area contributed by atoms with E-state index in [9.17, 15) is 9.59 Å². The van der Waals surface area contributed by atoms with Gasteiger partial charge in [-0.1, -0.05) is 13.8 Å². The lowest BCUT2D eigenvalue weighted by molar-refractivity contribution is -0.127. The molecule has 1 fully saturated rings. The monoisotopic (exact) mass is 459 g/mol. The van der Waals surface area contributed by atoms with E-state index < -0.39 is 0 Å². The number of hydrogen-bond acceptors (Lipinski definition) is 6. The molecule has 32 heavy (non-hydrogen) atoms. The molecular formula is C24H33N3O4S. The molecule has 2 amide bonds. The molecule has 0 spiro atoms. The molecule has 3 rings (SSSR count). The Hall–Kier alpha value is -2.61. The second-order valence-electron chi connectivity index (χ2n) is 8.61. The van der Waals surface area contributed by atoms with Crippen LogP contribution in [0.3, 0.4) is 0 Å². The van der Waals surface area contributed by atoms with Gasteiger partial charge in [-0.3, -0.25) is 9.59 Å². The minimum Gasteiger partial charge on any atom is -0.493 e. The molecule has 2 aromatic rings. The minimum absolute atomic E-state index is 0.0128. The predicted octanol–water partition coefficient (Wildman–Crippen LogP) is 4.15. The Labute approximate surface area is 194 Å². The molecule has 1 aromatic heterocycles. The van der Waals surface area contributed by atoms with E-state index in [1.165, 1.54) is 11.3 Å². The van der Waals surface area contributed by atoms with Crippen LogP contribution in [0.5, 0.6) is 11.5 Å². The molecule has 0 saturated carbocycles. The summed E-state index contributed by atoms with van der Waals surface area (Å²) >= 11 is 1.39. The average molecular weight is 460 g/mol. The van der Waals surface area contributed by atoms with Crippen molar-refractivity contribution in [3.05, 3.63) is 28.8 Å². The number of likely N-dealkylation sites (tertiary alicyclic amines) is 1. The van der Waals surface area contributed by atoms with Crippen molar-refractivity contribution >= 4 is 23.2 Å². The third-order valence-corrected chi connectivity index (χ3v) is 7.34. The van der Waals surface area contributed by atoms with Gasteiger partial charge in [-0.05, 0) is 50.8 Å². The summed E-state index contributed by atoms with van der Waals surface area (Å²) in [5.41, 5.74) is 1.60. The van der Waals surface area contributed by atoms with Gasteiger partial charge in [0.1, 0.15) is 9.88 Å². The number of carbonyl (C=O) groups is 2. The number of thiazole rings is 1. The summed E-state index contributed by atoms with van der Waals surface area (Å²) in [5.74, 6) is 1.72. The van der Waals surface area contributed by atoms with Gasteiger partial charge in [-0.15, -0.1) is 11.3 Å². The van der Waals surface area contributed by atoms with Crippen molar-refractivity contribution in [3.63, 3.8) is 0 Å². The summed E-state index contributed by atoms with van der Waals surface area (Å²) in [6.45, 7) is 9.25. The number of rotatable bonds is 7. The molecular weight excluding hydrogens is 426 g/mol. The maximum atomic E-state index is 13.2. The SMILES string of the molecule is COc1ccc(-c2nc(C)c(C(=O)N3CCC(C(=O)NC(C)C(C)C)CC3)s2)cc1OC. The van der Waals surface area contributed by atoms with Crippen LogP contribution in [0.25, 0.3) is 10.6 Å². The maximum absolute atomic E-state index is 13.2. The van der Waals surface area contributed by atoms with Crippen LogP contribution in [0.1, 0.15) is 49.0 Å². The first kappa shape index (κ1) is 24.0. The number of hydrogen-bond donors (Lipinski definition) is 1. The van der Waals surface area contributed by atoms with Crippen molar-refractivity contribution < 1.29 is 19.1 Å². The number of aromatic nitrogens is 1. The number of methoxy groups -OCH3 is 2. The zero-order valence-corrected chi connectivity index (χ0v) is 20.5. The molecule has 0 aliphatic carbocycles. The summed E-state index contributed by atoms with van der Waals surface area (Å²) in [6.07, 6.45) is 1.37. The van der Waals surface area contributed by atoms with Crippen molar-refractivity contribution in [2.24, 2.45) is 11.8 Å². The van der Waals surface area contributed by atoms with Crippen LogP contribution in [0.15, 0.2) is 18.2 Å². The van der Waals surface area contributed by atoms with Crippen molar-refractivity contribution in [3.8, 4) is 22.1 Å². The first-order valence-electron chi connectivity index (χ1n) is 11.0. The van der Waals surface area contributed by atoms with Crippen molar-refractivity contribution in [1.82, 2.24) is 15.2 Å². The first-order chi connectivity index (χ1) is 15.2. The first-order valence-corrected chi connectivity index (χ1v) is 11.9. The van der Waals surface area contributed by atoms with Crippen LogP contribution in [-0.4, -0.2) is 55.0 Å². The number of carbonyl (C=O) groups excluding carboxylic acids is 2. The summed E-state index contributed by atoms with van der Waals surface area (Å²) < 4.78 is 10.7. The second-order valence-corrected chi connectivity index (χ2v) is 9.61. The van der Waals surface area contributed by atoms with E-state index in [-0.39, 0.29) is 23.8 Å². The lowest BCUT2D eigenvalue weighted by atomic mass is 9.94. The Bertz CT molecular complexity index is 964. The Morgan fingerprint density at radius 2 is 1.78 bits per heavy atom. The van der Waals surface area contributed by atoms with Gasteiger partial charge < -0.3 is 19.7 Å². The van der Waals surface area contributed by atoms with E-state index in [0.29, 0.717) is 48.2 Å². The highest BCUT2D eigenvalue weighted by atomic mass is 32.1. The summed E-state index contributed by atoms with van der Waals surface area (Å²) in [4.78, 5) is 32.8. The van der Waals surface area contributed by atoms with E-state index in [0.717, 1.165) is 16.3 Å². The highest BCUT2D eigenvalue weighted by molar-refractivity contribution is 7.17. The zero-order chi connectivity index (χ0) is 23.4. The Balaban J connectivity index is 1.67. The van der Waals surface area contributed by atoms with Gasteiger partial charge in [0.25, 0.3) is 5.91 Å². The molecule has 0 bridgehead atoms. The largest absolute Gasteiger partial charge is 0.493 e. The quantitative estimate of drug-likeness (QED) is 0.673. The second kappa shape index (κ2) is 10.3. The van der Waals surface area contributed by atoms with Gasteiger partial charge in [-0.2, -0.15) is 0 Å². The molecule has 1 saturated heterocycles. The van der Waals surface area contributed by atoms with Crippen LogP contribution >= 0.6 is 11.3 Å². The topological polar surface area (TPSA) is 80.8 Å². The molecule has 174 valence electrons. The van der Waals surface area contributed by atoms with Gasteiger partial charge in [0.2, 0.25) is 5.91 Å². The number of nitrogens with one attached hydrogen (secondary N) is 1. The van der Waals surface area contributed by atoms with Crippen LogP contribution in [0, 0.1) is 18.8 Å². The molecule has 1 atom stereocenters. The number of benzene rings is 1. The van der Waals surface area contributed by atoms with Crippen LogP contribution < -0.4 is 14.8 Å². The van der Waals surface area contributed by atoms with Gasteiger partial charge in [0, 0.05) is 30.6 Å². The van der Waals surface area contributed by atoms with Crippen LogP contribution in [0.4, 0.5) is 0 Å². The predicted molar refractivity (Wildman–Crippen MR) is 126 cm³/mol. The smallest absolute Gasteiger partial charge is 0.265 e. The van der Waals surface area contributed by atoms with Crippen LogP contribution in [0.2, 0.25) is 0 Å². The summed E-state index contributed by atoms with van der Waals surface area (Å²) in [7, 11) is 3.19. The number of amides is 2. The fourth-order valence-electron chi connectivity index (χ4n) is 3.68. The molecule has 8 heteroatoms. The van der Waals surface area contributed by atoms with Gasteiger partial charge >= 0.3 is 0 Å². The van der Waals surface area contributed by atoms with Gasteiger partial charge in [0.15, 0.2) is 11.5 Å². The van der Waals surface area contributed by atoms with Gasteiger partial charge in [0.05, 0.1) is 19.9 Å². The van der Waals surface area contributed by atoms with Crippen molar-refractivity contribution in [2.45, 2.75) is 46.6 Å². The third kappa shape index (κ3) is 5.23. The number of ether oxygens (including phenoxy) is 2. The molecule has 1 aliphatic heterocycles. The van der Waals surface area contributed by atoms with Gasteiger partial charge in [-0.25, -0.2) is 4.98 Å². The van der Waals surface area contributed by atoms with Crippen LogP contribution in [-0.2, 0) is 4.79 Å². The van der Waals surface area contributed by atoms with E-state index in [1.807, 2.05) is 36.9 Å². The summed E-state index contributed by atoms with van der Waals surface area (Å²) in [6, 6.07) is 5.77. The molecule has 7 nitrogen and oxygen atoms in total. The van der Waals surface area contributed by atoms with E-state index in [2.05, 4.69) is 24.1 Å². The highest BCUT2D eigenvalue weighted by Gasteiger charge is 2.30. The highest BCUT2D eigenvalue weighted by Crippen LogP contribution is 2.35. The summed E-state index contributed by atoms with van der Waals surface area (Å²) in [5, 5.41) is 3.87. The lowest BCUT2D eigenvalue weighted by Gasteiger charge is -2.32. The standard InChI is InChI=1S/C24H33N3O4S/c1-14(2)15(3)25-22(28)17-9-11-27(12-10-17)24(29)21-16(4)26-23(32-21)18-7-8-19(30-5)20(13-18)31-6/h7-8,13-15,17H,9-12H2,1-6H3,(H,25,28). The lowest BCUT2D eigenvalue weighted by Crippen LogP contribution is -2.45. The Morgan fingerprint density at radius 3 is 2.38 bits per heavy atom.